The van der Waals surface area contributed by atoms with E-state index in [0.717, 1.165) is 0 Å². The molecule has 0 radical (unpaired) electrons. The molecule has 0 aromatic carbocycles. The minimum absolute atomic E-state index is 0.0785. The van der Waals surface area contributed by atoms with Crippen molar-refractivity contribution in [2.24, 2.45) is 5.73 Å². The third-order valence-electron chi connectivity index (χ3n) is 2.14. The van der Waals surface area contributed by atoms with Crippen molar-refractivity contribution >= 4 is 11.8 Å². The van der Waals surface area contributed by atoms with Crippen molar-refractivity contribution in [2.45, 2.75) is 19.9 Å². The topological polar surface area (TPSA) is 102 Å². The van der Waals surface area contributed by atoms with Crippen LogP contribution in [0.15, 0.2) is 17.2 Å². The van der Waals surface area contributed by atoms with E-state index in [-0.39, 0.29) is 17.4 Å². The van der Waals surface area contributed by atoms with E-state index in [2.05, 4.69) is 15.6 Å². The molecule has 0 saturated heterocycles. The zero-order valence-corrected chi connectivity index (χ0v) is 9.93. The van der Waals surface area contributed by atoms with Gasteiger partial charge in [0.25, 0.3) is 5.56 Å². The molecule has 7 heteroatoms. The lowest BCUT2D eigenvalue weighted by Gasteiger charge is -2.11. The van der Waals surface area contributed by atoms with Crippen molar-refractivity contribution in [3.8, 4) is 0 Å². The van der Waals surface area contributed by atoms with Crippen molar-refractivity contribution in [3.05, 3.63) is 22.7 Å². The number of nitrogens with two attached hydrogens (primary N) is 1. The molecule has 1 aromatic heterocycles. The van der Waals surface area contributed by atoms with Gasteiger partial charge in [0.05, 0.1) is 0 Å². The van der Waals surface area contributed by atoms with Crippen molar-refractivity contribution in [3.63, 3.8) is 0 Å². The number of primary amides is 1. The normalized spacial score (nSPS) is 10.3. The molecule has 94 valence electrons. The number of nitrogens with one attached hydrogen (secondary N) is 2. The zero-order valence-electron chi connectivity index (χ0n) is 9.93. The highest BCUT2D eigenvalue weighted by atomic mass is 16.2. The largest absolute Gasteiger partial charge is 0.364 e. The van der Waals surface area contributed by atoms with Crippen LogP contribution in [0.2, 0.25) is 0 Å². The van der Waals surface area contributed by atoms with Gasteiger partial charge in [0, 0.05) is 31.5 Å². The SMILES string of the molecule is CC(C)n1ccnc(NCCNC(N)=O)c1=O. The molecule has 0 fully saturated rings. The maximum Gasteiger partial charge on any atom is 0.312 e. The minimum atomic E-state index is -0.590. The Kier molecular flexibility index (Phi) is 4.50. The molecular weight excluding hydrogens is 222 g/mol. The maximum atomic E-state index is 11.9. The summed E-state index contributed by atoms with van der Waals surface area (Å²) in [5.74, 6) is 0.271. The van der Waals surface area contributed by atoms with Gasteiger partial charge in [-0.3, -0.25) is 4.79 Å². The number of rotatable bonds is 5. The third kappa shape index (κ3) is 3.78. The molecule has 0 aliphatic rings. The fourth-order valence-corrected chi connectivity index (χ4v) is 1.32. The number of carbonyl (C=O) groups excluding carboxylic acids is 1. The maximum absolute atomic E-state index is 11.9. The van der Waals surface area contributed by atoms with Gasteiger partial charge in [-0.25, -0.2) is 9.78 Å². The van der Waals surface area contributed by atoms with Crippen LogP contribution in [0.5, 0.6) is 0 Å². The third-order valence-corrected chi connectivity index (χ3v) is 2.14. The van der Waals surface area contributed by atoms with Gasteiger partial charge in [-0.2, -0.15) is 0 Å². The summed E-state index contributed by atoms with van der Waals surface area (Å²) in [4.78, 5) is 26.2. The lowest BCUT2D eigenvalue weighted by molar-refractivity contribution is 0.249. The molecule has 0 aliphatic carbocycles. The van der Waals surface area contributed by atoms with Crippen LogP contribution in [0.25, 0.3) is 0 Å². The van der Waals surface area contributed by atoms with Gasteiger partial charge in [0.1, 0.15) is 0 Å². The molecular formula is C10H17N5O2. The van der Waals surface area contributed by atoms with Crippen LogP contribution in [0, 0.1) is 0 Å². The monoisotopic (exact) mass is 239 g/mol. The Morgan fingerprint density at radius 1 is 1.53 bits per heavy atom. The Labute approximate surface area is 99.0 Å². The molecule has 0 spiro atoms. The van der Waals surface area contributed by atoms with Crippen molar-refractivity contribution in [2.75, 3.05) is 18.4 Å². The van der Waals surface area contributed by atoms with E-state index in [1.165, 1.54) is 0 Å². The summed E-state index contributed by atoms with van der Waals surface area (Å²) in [6, 6.07) is -0.512. The average Bonchev–Trinajstić information content (AvgIpc) is 2.25. The summed E-state index contributed by atoms with van der Waals surface area (Å²) >= 11 is 0. The summed E-state index contributed by atoms with van der Waals surface area (Å²) in [6.07, 6.45) is 3.20. The molecule has 2 amide bonds. The number of hydrogen-bond donors (Lipinski definition) is 3. The molecule has 0 atom stereocenters. The van der Waals surface area contributed by atoms with E-state index in [0.29, 0.717) is 13.1 Å². The molecule has 0 bridgehead atoms. The first-order valence-electron chi connectivity index (χ1n) is 5.36. The summed E-state index contributed by atoms with van der Waals surface area (Å²) in [5.41, 5.74) is 4.73. The van der Waals surface area contributed by atoms with Gasteiger partial charge in [-0.1, -0.05) is 0 Å². The summed E-state index contributed by atoms with van der Waals surface area (Å²) < 4.78 is 1.58. The predicted molar refractivity (Wildman–Crippen MR) is 65.0 cm³/mol. The fraction of sp³-hybridized carbons (Fsp3) is 0.500. The minimum Gasteiger partial charge on any atom is -0.364 e. The summed E-state index contributed by atoms with van der Waals surface area (Å²) in [5, 5.41) is 5.26. The number of nitrogens with zero attached hydrogens (tertiary/aromatic N) is 2. The molecule has 1 heterocycles. The van der Waals surface area contributed by atoms with E-state index >= 15 is 0 Å². The Morgan fingerprint density at radius 2 is 2.24 bits per heavy atom. The second kappa shape index (κ2) is 5.88. The van der Waals surface area contributed by atoms with Crippen LogP contribution >= 0.6 is 0 Å². The lowest BCUT2D eigenvalue weighted by atomic mass is 10.4. The van der Waals surface area contributed by atoms with Gasteiger partial charge < -0.3 is 20.9 Å². The molecule has 1 aromatic rings. The summed E-state index contributed by atoms with van der Waals surface area (Å²) in [7, 11) is 0. The molecule has 0 aliphatic heterocycles. The van der Waals surface area contributed by atoms with Gasteiger partial charge in [0.2, 0.25) is 0 Å². The summed E-state index contributed by atoms with van der Waals surface area (Å²) in [6.45, 7) is 4.57. The average molecular weight is 239 g/mol. The molecule has 1 rings (SSSR count). The number of hydrogen-bond acceptors (Lipinski definition) is 4. The second-order valence-corrected chi connectivity index (χ2v) is 3.80. The first-order valence-corrected chi connectivity index (χ1v) is 5.36. The first-order chi connectivity index (χ1) is 8.02. The Balaban J connectivity index is 2.63. The van der Waals surface area contributed by atoms with Crippen LogP contribution in [0.3, 0.4) is 0 Å². The van der Waals surface area contributed by atoms with Crippen LogP contribution in [-0.4, -0.2) is 28.7 Å². The highest BCUT2D eigenvalue weighted by Gasteiger charge is 2.06. The van der Waals surface area contributed by atoms with Crippen LogP contribution in [-0.2, 0) is 0 Å². The highest BCUT2D eigenvalue weighted by Crippen LogP contribution is 2.00. The number of amides is 2. The molecule has 17 heavy (non-hydrogen) atoms. The smallest absolute Gasteiger partial charge is 0.312 e. The number of carbonyl (C=O) groups is 1. The molecule has 4 N–H and O–H groups in total. The number of aromatic nitrogens is 2. The lowest BCUT2D eigenvalue weighted by Crippen LogP contribution is -2.34. The van der Waals surface area contributed by atoms with E-state index in [1.807, 2.05) is 13.8 Å². The second-order valence-electron chi connectivity index (χ2n) is 3.80. The molecule has 0 unspecified atom stereocenters. The predicted octanol–water partition coefficient (Wildman–Crippen LogP) is -0.0956. The van der Waals surface area contributed by atoms with Gasteiger partial charge in [-0.15, -0.1) is 0 Å². The van der Waals surface area contributed by atoms with E-state index in [9.17, 15) is 9.59 Å². The standard InChI is InChI=1S/C10H17N5O2/c1-7(2)15-6-5-13-8(9(15)16)12-3-4-14-10(11)17/h5-7H,3-4H2,1-2H3,(H,12,13)(H3,11,14,17). The molecule has 0 saturated carbocycles. The Morgan fingerprint density at radius 3 is 2.82 bits per heavy atom. The van der Waals surface area contributed by atoms with Crippen molar-refractivity contribution in [1.29, 1.82) is 0 Å². The van der Waals surface area contributed by atoms with Crippen LogP contribution in [0.4, 0.5) is 10.6 Å². The van der Waals surface area contributed by atoms with E-state index < -0.39 is 6.03 Å². The van der Waals surface area contributed by atoms with Crippen molar-refractivity contribution < 1.29 is 4.79 Å². The van der Waals surface area contributed by atoms with Gasteiger partial charge in [-0.05, 0) is 13.8 Å². The molecule has 7 nitrogen and oxygen atoms in total. The Bertz CT molecular complexity index is 441. The number of urea groups is 1. The van der Waals surface area contributed by atoms with Crippen LogP contribution in [0.1, 0.15) is 19.9 Å². The fourth-order valence-electron chi connectivity index (χ4n) is 1.32. The quantitative estimate of drug-likeness (QED) is 0.624. The highest BCUT2D eigenvalue weighted by molar-refractivity contribution is 5.71. The van der Waals surface area contributed by atoms with Gasteiger partial charge >= 0.3 is 6.03 Å². The van der Waals surface area contributed by atoms with E-state index in [4.69, 9.17) is 5.73 Å². The first kappa shape index (κ1) is 13.0. The number of anilines is 1. The van der Waals surface area contributed by atoms with Gasteiger partial charge in [0.15, 0.2) is 5.82 Å². The Hall–Kier alpha value is -2.05. The van der Waals surface area contributed by atoms with E-state index in [1.54, 1.807) is 17.0 Å². The van der Waals surface area contributed by atoms with Crippen LogP contribution < -0.4 is 21.9 Å². The van der Waals surface area contributed by atoms with Crippen molar-refractivity contribution in [1.82, 2.24) is 14.9 Å². The zero-order chi connectivity index (χ0) is 12.8.